The zero-order valence-electron chi connectivity index (χ0n) is 9.83. The highest BCUT2D eigenvalue weighted by Gasteiger charge is 2.17. The predicted octanol–water partition coefficient (Wildman–Crippen LogP) is 2.10. The third-order valence-electron chi connectivity index (χ3n) is 2.05. The van der Waals surface area contributed by atoms with Gasteiger partial charge in [-0.1, -0.05) is 6.92 Å². The smallest absolute Gasteiger partial charge is 0.265 e. The van der Waals surface area contributed by atoms with Gasteiger partial charge in [0.25, 0.3) is 6.43 Å². The molecule has 18 heavy (non-hydrogen) atoms. The summed E-state index contributed by atoms with van der Waals surface area (Å²) >= 11 is 3.20. The second-order valence-electron chi connectivity index (χ2n) is 3.60. The van der Waals surface area contributed by atoms with Crippen molar-refractivity contribution in [2.75, 3.05) is 23.7 Å². The lowest BCUT2D eigenvalue weighted by Crippen LogP contribution is -2.27. The van der Waals surface area contributed by atoms with Crippen LogP contribution in [0.1, 0.15) is 13.3 Å². The first-order chi connectivity index (χ1) is 8.54. The molecular formula is C10H15BrF2N4O. The largest absolute Gasteiger partial charge is 0.385 e. The minimum atomic E-state index is -2.78. The van der Waals surface area contributed by atoms with Crippen LogP contribution in [0.5, 0.6) is 0 Å². The SMILES string of the molecule is CCCNc1ncc(Br)c(NCC(O)C(F)F)n1. The molecule has 0 aliphatic carbocycles. The number of nitrogens with zero attached hydrogens (tertiary/aromatic N) is 2. The predicted molar refractivity (Wildman–Crippen MR) is 69.0 cm³/mol. The van der Waals surface area contributed by atoms with Crippen LogP contribution >= 0.6 is 15.9 Å². The molecule has 0 spiro atoms. The first-order valence-corrected chi connectivity index (χ1v) is 6.30. The number of nitrogens with one attached hydrogen (secondary N) is 2. The molecule has 3 N–H and O–H groups in total. The summed E-state index contributed by atoms with van der Waals surface area (Å²) in [6, 6.07) is 0. The van der Waals surface area contributed by atoms with Gasteiger partial charge in [-0.15, -0.1) is 0 Å². The highest BCUT2D eigenvalue weighted by molar-refractivity contribution is 9.10. The van der Waals surface area contributed by atoms with Crippen molar-refractivity contribution in [3.63, 3.8) is 0 Å². The van der Waals surface area contributed by atoms with E-state index >= 15 is 0 Å². The topological polar surface area (TPSA) is 70.1 Å². The van der Waals surface area contributed by atoms with Gasteiger partial charge in [-0.2, -0.15) is 4.98 Å². The zero-order valence-corrected chi connectivity index (χ0v) is 11.4. The lowest BCUT2D eigenvalue weighted by Gasteiger charge is -2.13. The Morgan fingerprint density at radius 2 is 2.17 bits per heavy atom. The first-order valence-electron chi connectivity index (χ1n) is 5.51. The molecule has 0 aromatic carbocycles. The number of aliphatic hydroxyl groups excluding tert-OH is 1. The van der Waals surface area contributed by atoms with E-state index in [-0.39, 0.29) is 6.54 Å². The normalized spacial score (nSPS) is 12.6. The molecular weight excluding hydrogens is 310 g/mol. The standard InChI is InChI=1S/C10H15BrF2N4O/c1-2-3-14-10-16-4-6(11)9(17-10)15-5-7(18)8(12)13/h4,7-8,18H,2-3,5H2,1H3,(H2,14,15,16,17). The summed E-state index contributed by atoms with van der Waals surface area (Å²) in [6.07, 6.45) is -2.07. The van der Waals surface area contributed by atoms with Crippen molar-refractivity contribution in [3.05, 3.63) is 10.7 Å². The van der Waals surface area contributed by atoms with Gasteiger partial charge in [0.2, 0.25) is 5.95 Å². The number of rotatable bonds is 7. The Labute approximate surface area is 112 Å². The molecule has 0 aliphatic heterocycles. The van der Waals surface area contributed by atoms with Gasteiger partial charge in [-0.05, 0) is 22.4 Å². The van der Waals surface area contributed by atoms with Gasteiger partial charge >= 0.3 is 0 Å². The lowest BCUT2D eigenvalue weighted by atomic mass is 10.3. The lowest BCUT2D eigenvalue weighted by molar-refractivity contribution is 0.00380. The van der Waals surface area contributed by atoms with E-state index in [1.54, 1.807) is 0 Å². The summed E-state index contributed by atoms with van der Waals surface area (Å²) in [5.41, 5.74) is 0. The van der Waals surface area contributed by atoms with Gasteiger partial charge in [0, 0.05) is 19.3 Å². The Balaban J connectivity index is 2.63. The number of aliphatic hydroxyl groups is 1. The average Bonchev–Trinajstić information content (AvgIpc) is 2.35. The fourth-order valence-corrected chi connectivity index (χ4v) is 1.43. The second-order valence-corrected chi connectivity index (χ2v) is 4.45. The van der Waals surface area contributed by atoms with E-state index in [1.807, 2.05) is 6.92 Å². The molecule has 0 aliphatic rings. The van der Waals surface area contributed by atoms with Gasteiger partial charge in [-0.3, -0.25) is 0 Å². The van der Waals surface area contributed by atoms with Gasteiger partial charge in [0.05, 0.1) is 4.47 Å². The molecule has 5 nitrogen and oxygen atoms in total. The summed E-state index contributed by atoms with van der Waals surface area (Å²) in [7, 11) is 0. The maximum Gasteiger partial charge on any atom is 0.265 e. The van der Waals surface area contributed by atoms with Crippen LogP contribution in [0.2, 0.25) is 0 Å². The van der Waals surface area contributed by atoms with Crippen LogP contribution in [-0.4, -0.2) is 40.7 Å². The number of anilines is 2. The van der Waals surface area contributed by atoms with Crippen LogP contribution in [0.3, 0.4) is 0 Å². The molecule has 0 fully saturated rings. The molecule has 1 rings (SSSR count). The number of halogens is 3. The van der Waals surface area contributed by atoms with Crippen LogP contribution in [0, 0.1) is 0 Å². The molecule has 1 unspecified atom stereocenters. The van der Waals surface area contributed by atoms with E-state index in [9.17, 15) is 8.78 Å². The van der Waals surface area contributed by atoms with E-state index in [0.29, 0.717) is 16.2 Å². The van der Waals surface area contributed by atoms with Crippen molar-refractivity contribution in [1.82, 2.24) is 9.97 Å². The highest BCUT2D eigenvalue weighted by Crippen LogP contribution is 2.20. The van der Waals surface area contributed by atoms with Crippen molar-refractivity contribution in [3.8, 4) is 0 Å². The molecule has 0 radical (unpaired) electrons. The van der Waals surface area contributed by atoms with Crippen LogP contribution in [0.4, 0.5) is 20.5 Å². The Bertz CT molecular complexity index is 381. The maximum absolute atomic E-state index is 12.1. The number of aromatic nitrogens is 2. The fraction of sp³-hybridized carbons (Fsp3) is 0.600. The van der Waals surface area contributed by atoms with Gasteiger partial charge in [0.15, 0.2) is 0 Å². The van der Waals surface area contributed by atoms with E-state index in [2.05, 4.69) is 36.5 Å². The minimum absolute atomic E-state index is 0.277. The van der Waals surface area contributed by atoms with Crippen molar-refractivity contribution >= 4 is 27.7 Å². The quantitative estimate of drug-likeness (QED) is 0.716. The van der Waals surface area contributed by atoms with Crippen LogP contribution in [0.15, 0.2) is 10.7 Å². The van der Waals surface area contributed by atoms with Crippen molar-refractivity contribution in [2.45, 2.75) is 25.9 Å². The summed E-state index contributed by atoms with van der Waals surface area (Å²) in [6.45, 7) is 2.45. The fourth-order valence-electron chi connectivity index (χ4n) is 1.10. The van der Waals surface area contributed by atoms with E-state index < -0.39 is 12.5 Å². The minimum Gasteiger partial charge on any atom is -0.385 e. The monoisotopic (exact) mass is 324 g/mol. The molecule has 1 aromatic heterocycles. The number of hydrogen-bond acceptors (Lipinski definition) is 5. The molecule has 0 amide bonds. The molecule has 0 bridgehead atoms. The Kier molecular flexibility index (Phi) is 6.20. The van der Waals surface area contributed by atoms with Crippen LogP contribution in [-0.2, 0) is 0 Å². The molecule has 0 saturated heterocycles. The summed E-state index contributed by atoms with van der Waals surface area (Å²) < 4.78 is 24.8. The van der Waals surface area contributed by atoms with Gasteiger partial charge in [0.1, 0.15) is 11.9 Å². The molecule has 0 saturated carbocycles. The maximum atomic E-state index is 12.1. The van der Waals surface area contributed by atoms with E-state index in [1.165, 1.54) is 6.20 Å². The first kappa shape index (κ1) is 15.0. The average molecular weight is 325 g/mol. The molecule has 102 valence electrons. The molecule has 1 atom stereocenters. The van der Waals surface area contributed by atoms with Crippen LogP contribution in [0.25, 0.3) is 0 Å². The summed E-state index contributed by atoms with van der Waals surface area (Å²) in [4.78, 5) is 8.12. The van der Waals surface area contributed by atoms with Gasteiger partial charge in [-0.25, -0.2) is 13.8 Å². The number of hydrogen-bond donors (Lipinski definition) is 3. The van der Waals surface area contributed by atoms with Gasteiger partial charge < -0.3 is 15.7 Å². The highest BCUT2D eigenvalue weighted by atomic mass is 79.9. The molecule has 8 heteroatoms. The summed E-state index contributed by atoms with van der Waals surface area (Å²) in [5, 5.41) is 14.6. The Morgan fingerprint density at radius 1 is 1.44 bits per heavy atom. The zero-order chi connectivity index (χ0) is 13.5. The number of alkyl halides is 2. The third kappa shape index (κ3) is 4.69. The van der Waals surface area contributed by atoms with Crippen LogP contribution < -0.4 is 10.6 Å². The van der Waals surface area contributed by atoms with Crippen molar-refractivity contribution in [2.24, 2.45) is 0 Å². The molecule has 1 heterocycles. The van der Waals surface area contributed by atoms with Crippen molar-refractivity contribution in [1.29, 1.82) is 0 Å². The Morgan fingerprint density at radius 3 is 2.78 bits per heavy atom. The third-order valence-corrected chi connectivity index (χ3v) is 2.63. The van der Waals surface area contributed by atoms with E-state index in [4.69, 9.17) is 5.11 Å². The summed E-state index contributed by atoms with van der Waals surface area (Å²) in [5.74, 6) is 0.775. The second kappa shape index (κ2) is 7.42. The molecule has 1 aromatic rings. The van der Waals surface area contributed by atoms with E-state index in [0.717, 1.165) is 13.0 Å². The van der Waals surface area contributed by atoms with Crippen molar-refractivity contribution < 1.29 is 13.9 Å². The Hall–Kier alpha value is -1.02.